The number of rotatable bonds is 6. The van der Waals surface area contributed by atoms with E-state index in [0.717, 1.165) is 19.4 Å². The molecule has 6 nitrogen and oxygen atoms in total. The van der Waals surface area contributed by atoms with Crippen molar-refractivity contribution in [1.29, 1.82) is 0 Å². The van der Waals surface area contributed by atoms with Crippen molar-refractivity contribution in [3.05, 3.63) is 51.7 Å². The molecule has 0 spiro atoms. The number of nitrogens with one attached hydrogen (secondary N) is 2. The smallest absolute Gasteiger partial charge is 0.276 e. The summed E-state index contributed by atoms with van der Waals surface area (Å²) >= 11 is 7.49. The van der Waals surface area contributed by atoms with Gasteiger partial charge in [0.15, 0.2) is 6.61 Å². The van der Waals surface area contributed by atoms with E-state index in [0.29, 0.717) is 10.8 Å². The number of carbonyl (C=O) groups is 2. The van der Waals surface area contributed by atoms with Crippen molar-refractivity contribution in [2.24, 2.45) is 0 Å². The Morgan fingerprint density at radius 3 is 2.69 bits per heavy atom. The minimum absolute atomic E-state index is 0.191. The molecule has 0 aliphatic carbocycles. The maximum atomic E-state index is 12.1. The number of carbonyl (C=O) groups excluding carboxylic acids is 2. The van der Waals surface area contributed by atoms with Gasteiger partial charge in [-0.3, -0.25) is 25.3 Å². The van der Waals surface area contributed by atoms with E-state index in [1.807, 2.05) is 11.4 Å². The van der Waals surface area contributed by atoms with Crippen LogP contribution in [0, 0.1) is 0 Å². The summed E-state index contributed by atoms with van der Waals surface area (Å²) in [6.07, 6.45) is 2.12. The maximum absolute atomic E-state index is 12.1. The highest BCUT2D eigenvalue weighted by atomic mass is 35.5. The highest BCUT2D eigenvalue weighted by Gasteiger charge is 2.28. The Kier molecular flexibility index (Phi) is 6.49. The zero-order valence-electron chi connectivity index (χ0n) is 14.1. The molecular weight excluding hydrogens is 374 g/mol. The van der Waals surface area contributed by atoms with Crippen LogP contribution >= 0.6 is 22.9 Å². The summed E-state index contributed by atoms with van der Waals surface area (Å²) in [6, 6.07) is 11.1. The molecule has 0 bridgehead atoms. The van der Waals surface area contributed by atoms with Crippen LogP contribution < -0.4 is 15.6 Å². The number of nitrogens with zero attached hydrogens (tertiary/aromatic N) is 1. The molecule has 1 fully saturated rings. The first-order valence-electron chi connectivity index (χ1n) is 8.35. The normalized spacial score (nSPS) is 17.0. The minimum Gasteiger partial charge on any atom is -0.484 e. The molecule has 2 aromatic rings. The largest absolute Gasteiger partial charge is 0.484 e. The van der Waals surface area contributed by atoms with Gasteiger partial charge in [0.2, 0.25) is 0 Å². The minimum atomic E-state index is -0.426. The molecular formula is C18H20ClN3O3S. The van der Waals surface area contributed by atoms with E-state index in [4.69, 9.17) is 16.3 Å². The van der Waals surface area contributed by atoms with Gasteiger partial charge in [0, 0.05) is 15.9 Å². The fraction of sp³-hybridized carbons (Fsp3) is 0.333. The van der Waals surface area contributed by atoms with Gasteiger partial charge in [-0.2, -0.15) is 0 Å². The van der Waals surface area contributed by atoms with Gasteiger partial charge in [0.05, 0.1) is 6.54 Å². The first-order chi connectivity index (χ1) is 12.6. The quantitative estimate of drug-likeness (QED) is 0.740. The molecule has 1 aliphatic heterocycles. The van der Waals surface area contributed by atoms with Gasteiger partial charge in [-0.1, -0.05) is 17.7 Å². The molecule has 1 saturated heterocycles. The Morgan fingerprint density at radius 2 is 1.96 bits per heavy atom. The fourth-order valence-corrected chi connectivity index (χ4v) is 3.92. The number of thiophene rings is 1. The summed E-state index contributed by atoms with van der Waals surface area (Å²) in [5, 5.41) is 2.64. The third-order valence-electron chi connectivity index (χ3n) is 4.11. The molecule has 1 aliphatic rings. The molecule has 26 heavy (non-hydrogen) atoms. The fourth-order valence-electron chi connectivity index (χ4n) is 2.90. The van der Waals surface area contributed by atoms with Gasteiger partial charge in [-0.05, 0) is 55.1 Å². The van der Waals surface area contributed by atoms with E-state index in [1.165, 1.54) is 4.88 Å². The zero-order chi connectivity index (χ0) is 18.4. The van der Waals surface area contributed by atoms with Gasteiger partial charge in [0.1, 0.15) is 5.75 Å². The second-order valence-electron chi connectivity index (χ2n) is 5.98. The van der Waals surface area contributed by atoms with Crippen LogP contribution in [0.4, 0.5) is 0 Å². The molecule has 2 heterocycles. The Bertz CT molecular complexity index is 737. The lowest BCUT2D eigenvalue weighted by Crippen LogP contribution is -2.47. The average molecular weight is 394 g/mol. The summed E-state index contributed by atoms with van der Waals surface area (Å²) < 4.78 is 5.32. The Morgan fingerprint density at radius 1 is 1.19 bits per heavy atom. The molecule has 1 aromatic heterocycles. The van der Waals surface area contributed by atoms with Gasteiger partial charge in [0.25, 0.3) is 11.8 Å². The average Bonchev–Trinajstić information content (AvgIpc) is 3.31. The standard InChI is InChI=1S/C18H20ClN3O3S/c19-13-5-7-14(8-6-13)25-12-18(24)21-20-17(23)11-22-9-1-3-15(22)16-4-2-10-26-16/h2,4-8,10,15H,1,3,9,11-12H2,(H,20,23)(H,21,24)/t15-/m1/s1. The van der Waals surface area contributed by atoms with Crippen molar-refractivity contribution in [2.75, 3.05) is 19.7 Å². The number of ether oxygens (including phenoxy) is 1. The molecule has 1 aromatic carbocycles. The number of hydrogen-bond acceptors (Lipinski definition) is 5. The molecule has 2 amide bonds. The first-order valence-corrected chi connectivity index (χ1v) is 9.61. The van der Waals surface area contributed by atoms with Crippen molar-refractivity contribution < 1.29 is 14.3 Å². The molecule has 0 radical (unpaired) electrons. The zero-order valence-corrected chi connectivity index (χ0v) is 15.7. The van der Waals surface area contributed by atoms with Gasteiger partial charge in [-0.25, -0.2) is 0 Å². The number of benzene rings is 1. The number of amides is 2. The summed E-state index contributed by atoms with van der Waals surface area (Å²) in [7, 11) is 0. The lowest BCUT2D eigenvalue weighted by atomic mass is 10.2. The Balaban J connectivity index is 1.39. The van der Waals surface area contributed by atoms with E-state index in [2.05, 4.69) is 21.8 Å². The van der Waals surface area contributed by atoms with Crippen LogP contribution in [-0.4, -0.2) is 36.4 Å². The predicted octanol–water partition coefficient (Wildman–Crippen LogP) is 2.76. The van der Waals surface area contributed by atoms with Gasteiger partial charge < -0.3 is 4.74 Å². The number of likely N-dealkylation sites (tertiary alicyclic amines) is 1. The van der Waals surface area contributed by atoms with Crippen molar-refractivity contribution in [3.8, 4) is 5.75 Å². The van der Waals surface area contributed by atoms with E-state index in [1.54, 1.807) is 35.6 Å². The van der Waals surface area contributed by atoms with Crippen LogP contribution in [0.5, 0.6) is 5.75 Å². The van der Waals surface area contributed by atoms with Crippen LogP contribution in [0.15, 0.2) is 41.8 Å². The molecule has 138 valence electrons. The van der Waals surface area contributed by atoms with Gasteiger partial charge >= 0.3 is 0 Å². The van der Waals surface area contributed by atoms with E-state index in [9.17, 15) is 9.59 Å². The number of halogens is 1. The van der Waals surface area contributed by atoms with Crippen LogP contribution in [0.2, 0.25) is 5.02 Å². The second kappa shape index (κ2) is 9.02. The number of hydrogen-bond donors (Lipinski definition) is 2. The number of hydrazine groups is 1. The monoisotopic (exact) mass is 393 g/mol. The SMILES string of the molecule is O=C(COc1ccc(Cl)cc1)NNC(=O)CN1CCC[C@@H]1c1cccs1. The summed E-state index contributed by atoms with van der Waals surface area (Å²) in [5.41, 5.74) is 4.82. The molecule has 3 rings (SSSR count). The third kappa shape index (κ3) is 5.20. The van der Waals surface area contributed by atoms with Crippen LogP contribution in [0.1, 0.15) is 23.8 Å². The molecule has 1 atom stereocenters. The highest BCUT2D eigenvalue weighted by Crippen LogP contribution is 2.33. The van der Waals surface area contributed by atoms with Crippen molar-refractivity contribution >= 4 is 34.8 Å². The van der Waals surface area contributed by atoms with E-state index >= 15 is 0 Å². The van der Waals surface area contributed by atoms with Crippen molar-refractivity contribution in [2.45, 2.75) is 18.9 Å². The molecule has 0 unspecified atom stereocenters. The summed E-state index contributed by atoms with van der Waals surface area (Å²) in [4.78, 5) is 27.3. The Labute approximate surface area is 161 Å². The third-order valence-corrected chi connectivity index (χ3v) is 5.33. The van der Waals surface area contributed by atoms with Crippen LogP contribution in [0.3, 0.4) is 0 Å². The summed E-state index contributed by atoms with van der Waals surface area (Å²) in [5.74, 6) is -0.135. The predicted molar refractivity (Wildman–Crippen MR) is 101 cm³/mol. The Hall–Kier alpha value is -2.09. The molecule has 8 heteroatoms. The maximum Gasteiger partial charge on any atom is 0.276 e. The topological polar surface area (TPSA) is 70.7 Å². The first kappa shape index (κ1) is 18.7. The van der Waals surface area contributed by atoms with Crippen LogP contribution in [-0.2, 0) is 9.59 Å². The van der Waals surface area contributed by atoms with Crippen molar-refractivity contribution in [1.82, 2.24) is 15.8 Å². The highest BCUT2D eigenvalue weighted by molar-refractivity contribution is 7.10. The summed E-state index contributed by atoms with van der Waals surface area (Å²) in [6.45, 7) is 0.938. The van der Waals surface area contributed by atoms with E-state index in [-0.39, 0.29) is 25.1 Å². The molecule has 0 saturated carbocycles. The lowest BCUT2D eigenvalue weighted by Gasteiger charge is -2.22. The van der Waals surface area contributed by atoms with Gasteiger partial charge in [-0.15, -0.1) is 11.3 Å². The van der Waals surface area contributed by atoms with Crippen LogP contribution in [0.25, 0.3) is 0 Å². The second-order valence-corrected chi connectivity index (χ2v) is 7.40. The van der Waals surface area contributed by atoms with Crippen molar-refractivity contribution in [3.63, 3.8) is 0 Å². The van der Waals surface area contributed by atoms with E-state index < -0.39 is 5.91 Å². The lowest BCUT2D eigenvalue weighted by molar-refractivity contribution is -0.130. The molecule has 2 N–H and O–H groups in total.